The zero-order chi connectivity index (χ0) is 23.5. The van der Waals surface area contributed by atoms with Gasteiger partial charge in [-0.05, 0) is 60.1 Å². The van der Waals surface area contributed by atoms with Crippen LogP contribution in [-0.2, 0) is 4.79 Å². The Balaban J connectivity index is 1.88. The third kappa shape index (κ3) is 7.68. The normalized spacial score (nSPS) is 11.0. The summed E-state index contributed by atoms with van der Waals surface area (Å²) in [6.07, 6.45) is 3.72. The van der Waals surface area contributed by atoms with Crippen molar-refractivity contribution in [3.8, 4) is 0 Å². The summed E-state index contributed by atoms with van der Waals surface area (Å²) in [5.41, 5.74) is 6.96. The van der Waals surface area contributed by atoms with Crippen molar-refractivity contribution in [2.24, 2.45) is 0 Å². The quantitative estimate of drug-likeness (QED) is 0.189. The number of amides is 2. The molecular formula is C26H37N3O3. The molecule has 2 aromatic rings. The number of carbonyl (C=O) groups excluding carboxylic acids is 2. The molecule has 0 unspecified atom stereocenters. The standard InChI is InChI=1S/C26H37N3O3/c1-18(2)22-10-9-11-23(19(3)4)25(22)28-21-15-13-20(14-16-21)26(31)27-17-8-6-5-7-12-24(30)29-32/h9-11,13-16,18-19,28,32H,5-8,12,17H2,1-4H3,(H,27,31)(H,29,30). The molecule has 2 amide bonds. The lowest BCUT2D eigenvalue weighted by molar-refractivity contribution is -0.129. The van der Waals surface area contributed by atoms with Crippen molar-refractivity contribution < 1.29 is 14.8 Å². The van der Waals surface area contributed by atoms with Crippen LogP contribution < -0.4 is 16.1 Å². The van der Waals surface area contributed by atoms with Gasteiger partial charge in [-0.2, -0.15) is 0 Å². The molecule has 32 heavy (non-hydrogen) atoms. The molecular weight excluding hydrogens is 402 g/mol. The Morgan fingerprint density at radius 1 is 0.844 bits per heavy atom. The number of para-hydroxylation sites is 1. The van der Waals surface area contributed by atoms with E-state index in [9.17, 15) is 9.59 Å². The number of hydrogen-bond donors (Lipinski definition) is 4. The van der Waals surface area contributed by atoms with Crippen LogP contribution in [0.15, 0.2) is 42.5 Å². The molecule has 0 aliphatic rings. The van der Waals surface area contributed by atoms with E-state index in [0.29, 0.717) is 30.4 Å². The Kier molecular flexibility index (Phi) is 10.2. The number of anilines is 2. The molecule has 0 atom stereocenters. The number of hydrogen-bond acceptors (Lipinski definition) is 4. The van der Waals surface area contributed by atoms with Gasteiger partial charge in [-0.3, -0.25) is 14.8 Å². The Morgan fingerprint density at radius 3 is 2.00 bits per heavy atom. The van der Waals surface area contributed by atoms with Gasteiger partial charge in [0.2, 0.25) is 5.91 Å². The smallest absolute Gasteiger partial charge is 0.251 e. The molecule has 0 aliphatic heterocycles. The van der Waals surface area contributed by atoms with E-state index in [0.717, 1.165) is 37.1 Å². The van der Waals surface area contributed by atoms with E-state index >= 15 is 0 Å². The van der Waals surface area contributed by atoms with Crippen molar-refractivity contribution in [2.45, 2.75) is 71.6 Å². The molecule has 0 saturated heterocycles. The average Bonchev–Trinajstić information content (AvgIpc) is 2.78. The number of carbonyl (C=O) groups is 2. The van der Waals surface area contributed by atoms with Gasteiger partial charge in [0, 0.05) is 29.9 Å². The third-order valence-electron chi connectivity index (χ3n) is 5.53. The maximum Gasteiger partial charge on any atom is 0.251 e. The van der Waals surface area contributed by atoms with Gasteiger partial charge in [-0.25, -0.2) is 5.48 Å². The lowest BCUT2D eigenvalue weighted by Crippen LogP contribution is -2.24. The largest absolute Gasteiger partial charge is 0.355 e. The fourth-order valence-corrected chi connectivity index (χ4v) is 3.67. The first kappa shape index (κ1) is 25.4. The fraction of sp³-hybridized carbons (Fsp3) is 0.462. The fourth-order valence-electron chi connectivity index (χ4n) is 3.67. The predicted octanol–water partition coefficient (Wildman–Crippen LogP) is 5.86. The zero-order valence-electron chi connectivity index (χ0n) is 19.7. The summed E-state index contributed by atoms with van der Waals surface area (Å²) in [6, 6.07) is 14.0. The number of benzene rings is 2. The molecule has 2 aromatic carbocycles. The van der Waals surface area contributed by atoms with Crippen molar-refractivity contribution in [3.05, 3.63) is 59.2 Å². The van der Waals surface area contributed by atoms with Crippen LogP contribution in [0, 0.1) is 0 Å². The summed E-state index contributed by atoms with van der Waals surface area (Å²) in [6.45, 7) is 9.40. The molecule has 0 fully saturated rings. The van der Waals surface area contributed by atoms with Crippen molar-refractivity contribution >= 4 is 23.2 Å². The van der Waals surface area contributed by atoms with E-state index in [2.05, 4.69) is 56.5 Å². The minimum absolute atomic E-state index is 0.0818. The maximum absolute atomic E-state index is 12.4. The third-order valence-corrected chi connectivity index (χ3v) is 5.53. The second-order valence-electron chi connectivity index (χ2n) is 8.78. The Bertz CT molecular complexity index is 850. The summed E-state index contributed by atoms with van der Waals surface area (Å²) >= 11 is 0. The van der Waals surface area contributed by atoms with E-state index in [4.69, 9.17) is 5.21 Å². The van der Waals surface area contributed by atoms with Crippen LogP contribution in [0.25, 0.3) is 0 Å². The Morgan fingerprint density at radius 2 is 1.44 bits per heavy atom. The van der Waals surface area contributed by atoms with Gasteiger partial charge in [0.05, 0.1) is 0 Å². The highest BCUT2D eigenvalue weighted by Crippen LogP contribution is 2.34. The average molecular weight is 440 g/mol. The maximum atomic E-state index is 12.4. The Hall–Kier alpha value is -2.86. The van der Waals surface area contributed by atoms with Crippen molar-refractivity contribution in [2.75, 3.05) is 11.9 Å². The summed E-state index contributed by atoms with van der Waals surface area (Å²) in [5.74, 6) is 0.382. The predicted molar refractivity (Wildman–Crippen MR) is 130 cm³/mol. The highest BCUT2D eigenvalue weighted by atomic mass is 16.5. The van der Waals surface area contributed by atoms with E-state index in [-0.39, 0.29) is 11.8 Å². The summed E-state index contributed by atoms with van der Waals surface area (Å²) in [4.78, 5) is 23.3. The monoisotopic (exact) mass is 439 g/mol. The lowest BCUT2D eigenvalue weighted by atomic mass is 9.92. The molecule has 174 valence electrons. The van der Waals surface area contributed by atoms with Crippen LogP contribution in [0.4, 0.5) is 11.4 Å². The van der Waals surface area contributed by atoms with Gasteiger partial charge in [0.1, 0.15) is 0 Å². The molecule has 0 aromatic heterocycles. The van der Waals surface area contributed by atoms with Gasteiger partial charge in [-0.1, -0.05) is 58.7 Å². The van der Waals surface area contributed by atoms with Crippen molar-refractivity contribution in [1.82, 2.24) is 10.8 Å². The molecule has 0 aliphatic carbocycles. The highest BCUT2D eigenvalue weighted by Gasteiger charge is 2.14. The van der Waals surface area contributed by atoms with Gasteiger partial charge in [-0.15, -0.1) is 0 Å². The van der Waals surface area contributed by atoms with E-state index in [1.807, 2.05) is 24.3 Å². The van der Waals surface area contributed by atoms with Crippen LogP contribution >= 0.6 is 0 Å². The topological polar surface area (TPSA) is 90.5 Å². The molecule has 0 radical (unpaired) electrons. The SMILES string of the molecule is CC(C)c1cccc(C(C)C)c1Nc1ccc(C(=O)NCCCCCCC(=O)NO)cc1. The van der Waals surface area contributed by atoms with Crippen LogP contribution in [0.3, 0.4) is 0 Å². The van der Waals surface area contributed by atoms with E-state index < -0.39 is 0 Å². The number of hydroxylamine groups is 1. The van der Waals surface area contributed by atoms with Crippen LogP contribution in [-0.4, -0.2) is 23.6 Å². The van der Waals surface area contributed by atoms with Crippen LogP contribution in [0.1, 0.15) is 93.1 Å². The van der Waals surface area contributed by atoms with E-state index in [1.165, 1.54) is 11.1 Å². The molecule has 0 bridgehead atoms. The van der Waals surface area contributed by atoms with Gasteiger partial charge < -0.3 is 10.6 Å². The van der Waals surface area contributed by atoms with Crippen LogP contribution in [0.2, 0.25) is 0 Å². The first-order valence-corrected chi connectivity index (χ1v) is 11.5. The first-order valence-electron chi connectivity index (χ1n) is 11.5. The highest BCUT2D eigenvalue weighted by molar-refractivity contribution is 5.94. The summed E-state index contributed by atoms with van der Waals surface area (Å²) in [5, 5.41) is 15.0. The minimum atomic E-state index is -0.357. The minimum Gasteiger partial charge on any atom is -0.355 e. The second kappa shape index (κ2) is 12.9. The van der Waals surface area contributed by atoms with Gasteiger partial charge >= 0.3 is 0 Å². The molecule has 6 nitrogen and oxygen atoms in total. The number of rotatable bonds is 12. The molecule has 2 rings (SSSR count). The van der Waals surface area contributed by atoms with Gasteiger partial charge in [0.25, 0.3) is 5.91 Å². The van der Waals surface area contributed by atoms with Crippen molar-refractivity contribution in [1.29, 1.82) is 0 Å². The van der Waals surface area contributed by atoms with Gasteiger partial charge in [0.15, 0.2) is 0 Å². The van der Waals surface area contributed by atoms with E-state index in [1.54, 1.807) is 5.48 Å². The van der Waals surface area contributed by atoms with Crippen molar-refractivity contribution in [3.63, 3.8) is 0 Å². The zero-order valence-corrected chi connectivity index (χ0v) is 19.7. The summed E-state index contributed by atoms with van der Waals surface area (Å²) < 4.78 is 0. The number of unbranched alkanes of at least 4 members (excludes halogenated alkanes) is 3. The first-order chi connectivity index (χ1) is 15.3. The Labute approximate surface area is 191 Å². The summed E-state index contributed by atoms with van der Waals surface area (Å²) in [7, 11) is 0. The lowest BCUT2D eigenvalue weighted by Gasteiger charge is -2.21. The second-order valence-corrected chi connectivity index (χ2v) is 8.78. The molecule has 0 heterocycles. The molecule has 0 spiro atoms. The molecule has 6 heteroatoms. The number of nitrogens with one attached hydrogen (secondary N) is 3. The molecule has 0 saturated carbocycles. The molecule has 4 N–H and O–H groups in total. The van der Waals surface area contributed by atoms with Crippen LogP contribution in [0.5, 0.6) is 0 Å².